The van der Waals surface area contributed by atoms with E-state index in [1.54, 1.807) is 0 Å². The van der Waals surface area contributed by atoms with Gasteiger partial charge in [-0.2, -0.15) is 0 Å². The van der Waals surface area contributed by atoms with Crippen molar-refractivity contribution in [2.24, 2.45) is 0 Å². The van der Waals surface area contributed by atoms with Crippen LogP contribution in [-0.4, -0.2) is 71.4 Å². The molecule has 0 aliphatic heterocycles. The summed E-state index contributed by atoms with van der Waals surface area (Å²) in [5.41, 5.74) is 0.721. The number of hydrogen-bond acceptors (Lipinski definition) is 12. The SMILES string of the molecule is CC(=O)Oc1ccc(C=CC(=O)OCC(C(=O)O)N(C)C(=O)C=Cc2ccc(OC(C)=O)c(OC(C)=O)c2)cc1OC(C)=O. The number of carboxylic acid groups (broad SMARTS) is 1. The molecule has 232 valence electrons. The Morgan fingerprint density at radius 2 is 1.09 bits per heavy atom. The summed E-state index contributed by atoms with van der Waals surface area (Å²) in [5.74, 6) is -5.92. The first-order valence-electron chi connectivity index (χ1n) is 12.7. The van der Waals surface area contributed by atoms with Crippen LogP contribution >= 0.6 is 0 Å². The van der Waals surface area contributed by atoms with Gasteiger partial charge < -0.3 is 33.7 Å². The number of carbonyl (C=O) groups is 7. The van der Waals surface area contributed by atoms with Crippen molar-refractivity contribution in [2.75, 3.05) is 13.7 Å². The summed E-state index contributed by atoms with van der Waals surface area (Å²) < 4.78 is 25.0. The largest absolute Gasteiger partial charge is 0.480 e. The van der Waals surface area contributed by atoms with Gasteiger partial charge in [0.15, 0.2) is 29.0 Å². The molecule has 0 aliphatic carbocycles. The van der Waals surface area contributed by atoms with Crippen LogP contribution in [0, 0.1) is 0 Å². The summed E-state index contributed by atoms with van der Waals surface area (Å²) in [5, 5.41) is 9.62. The van der Waals surface area contributed by atoms with Crippen molar-refractivity contribution in [3.63, 3.8) is 0 Å². The smallest absolute Gasteiger partial charge is 0.330 e. The molecule has 0 aromatic heterocycles. The van der Waals surface area contributed by atoms with Crippen molar-refractivity contribution >= 4 is 53.9 Å². The molecule has 0 fully saturated rings. The Morgan fingerprint density at radius 3 is 1.50 bits per heavy atom. The van der Waals surface area contributed by atoms with Gasteiger partial charge in [0.1, 0.15) is 6.61 Å². The average Bonchev–Trinajstić information content (AvgIpc) is 2.91. The molecule has 0 saturated heterocycles. The molecule has 0 heterocycles. The lowest BCUT2D eigenvalue weighted by molar-refractivity contribution is -0.153. The predicted molar refractivity (Wildman–Crippen MR) is 151 cm³/mol. The Hall–Kier alpha value is -5.79. The molecule has 0 aliphatic rings. The zero-order chi connectivity index (χ0) is 33.0. The molecule has 2 rings (SSSR count). The summed E-state index contributed by atoms with van der Waals surface area (Å²) in [6.07, 6.45) is 4.64. The maximum atomic E-state index is 12.7. The summed E-state index contributed by atoms with van der Waals surface area (Å²) in [6, 6.07) is 6.76. The lowest BCUT2D eigenvalue weighted by Gasteiger charge is -2.23. The molecule has 1 N–H and O–H groups in total. The molecular formula is C30H29NO13. The van der Waals surface area contributed by atoms with Crippen LogP contribution < -0.4 is 18.9 Å². The fraction of sp³-hybridized carbons (Fsp3) is 0.233. The number of amides is 1. The van der Waals surface area contributed by atoms with Crippen molar-refractivity contribution in [1.29, 1.82) is 0 Å². The van der Waals surface area contributed by atoms with Crippen LogP contribution in [0.15, 0.2) is 48.6 Å². The molecule has 0 bridgehead atoms. The first-order chi connectivity index (χ1) is 20.7. The van der Waals surface area contributed by atoms with E-state index in [1.165, 1.54) is 69.4 Å². The maximum Gasteiger partial charge on any atom is 0.330 e. The molecule has 2 aromatic rings. The van der Waals surface area contributed by atoms with Crippen molar-refractivity contribution in [2.45, 2.75) is 33.7 Å². The molecule has 0 radical (unpaired) electrons. The van der Waals surface area contributed by atoms with Crippen LogP contribution in [0.1, 0.15) is 38.8 Å². The fourth-order valence-corrected chi connectivity index (χ4v) is 3.37. The van der Waals surface area contributed by atoms with E-state index in [1.807, 2.05) is 0 Å². The molecule has 14 nitrogen and oxygen atoms in total. The number of carbonyl (C=O) groups excluding carboxylic acids is 6. The minimum absolute atomic E-state index is 0.0117. The van der Waals surface area contributed by atoms with Crippen LogP contribution in [0.3, 0.4) is 0 Å². The summed E-state index contributed by atoms with van der Waals surface area (Å²) >= 11 is 0. The first-order valence-corrected chi connectivity index (χ1v) is 12.7. The molecule has 2 aromatic carbocycles. The van der Waals surface area contributed by atoms with Gasteiger partial charge in [-0.05, 0) is 47.5 Å². The van der Waals surface area contributed by atoms with E-state index >= 15 is 0 Å². The number of aliphatic carboxylic acids is 1. The molecular weight excluding hydrogens is 582 g/mol. The van der Waals surface area contributed by atoms with Gasteiger partial charge >= 0.3 is 35.8 Å². The van der Waals surface area contributed by atoms with Crippen LogP contribution in [-0.2, 0) is 38.3 Å². The van der Waals surface area contributed by atoms with Gasteiger partial charge in [-0.1, -0.05) is 12.1 Å². The van der Waals surface area contributed by atoms with E-state index in [-0.39, 0.29) is 23.0 Å². The molecule has 1 amide bonds. The highest BCUT2D eigenvalue weighted by Crippen LogP contribution is 2.30. The van der Waals surface area contributed by atoms with Gasteiger partial charge in [0.05, 0.1) is 0 Å². The summed E-state index contributed by atoms with van der Waals surface area (Å²) in [4.78, 5) is 83.0. The van der Waals surface area contributed by atoms with Gasteiger partial charge in [0, 0.05) is 46.9 Å². The molecule has 44 heavy (non-hydrogen) atoms. The highest BCUT2D eigenvalue weighted by atomic mass is 16.6. The van der Waals surface area contributed by atoms with Gasteiger partial charge in [-0.3, -0.25) is 24.0 Å². The van der Waals surface area contributed by atoms with Crippen molar-refractivity contribution in [1.82, 2.24) is 4.90 Å². The van der Waals surface area contributed by atoms with Crippen molar-refractivity contribution < 1.29 is 62.4 Å². The minimum atomic E-state index is -1.55. The van der Waals surface area contributed by atoms with Crippen molar-refractivity contribution in [3.05, 3.63) is 59.7 Å². The van der Waals surface area contributed by atoms with Crippen LogP contribution in [0.4, 0.5) is 0 Å². The standard InChI is InChI=1S/C30H29NO13/c1-17(32)41-24-10-6-21(14-26(24)43-19(3)34)8-12-28(36)31(5)23(30(38)39)16-40-29(37)13-9-22-7-11-25(42-18(2)33)27(15-22)44-20(4)35/h6-15,23H,16H2,1-5H3,(H,38,39). The predicted octanol–water partition coefficient (Wildman–Crippen LogP) is 2.57. The van der Waals surface area contributed by atoms with Crippen LogP contribution in [0.25, 0.3) is 12.2 Å². The Kier molecular flexibility index (Phi) is 12.5. The van der Waals surface area contributed by atoms with Gasteiger partial charge in [-0.15, -0.1) is 0 Å². The number of nitrogens with zero attached hydrogens (tertiary/aromatic N) is 1. The van der Waals surface area contributed by atoms with E-state index in [2.05, 4.69) is 0 Å². The number of ether oxygens (including phenoxy) is 5. The third-order valence-electron chi connectivity index (χ3n) is 5.26. The highest BCUT2D eigenvalue weighted by molar-refractivity contribution is 5.94. The van der Waals surface area contributed by atoms with Crippen LogP contribution in [0.2, 0.25) is 0 Å². The van der Waals surface area contributed by atoms with E-state index in [0.717, 1.165) is 30.9 Å². The number of carboxylic acids is 1. The zero-order valence-corrected chi connectivity index (χ0v) is 24.4. The maximum absolute atomic E-state index is 12.7. The molecule has 1 unspecified atom stereocenters. The minimum Gasteiger partial charge on any atom is -0.480 e. The number of rotatable bonds is 12. The van der Waals surface area contributed by atoms with E-state index in [9.17, 15) is 38.7 Å². The Labute approximate surface area is 251 Å². The fourth-order valence-electron chi connectivity index (χ4n) is 3.37. The lowest BCUT2D eigenvalue weighted by Crippen LogP contribution is -2.45. The Bertz CT molecular complexity index is 1520. The Morgan fingerprint density at radius 1 is 0.682 bits per heavy atom. The van der Waals surface area contributed by atoms with E-state index in [4.69, 9.17) is 23.7 Å². The molecule has 0 saturated carbocycles. The van der Waals surface area contributed by atoms with Gasteiger partial charge in [0.25, 0.3) is 0 Å². The van der Waals surface area contributed by atoms with Gasteiger partial charge in [-0.25, -0.2) is 9.59 Å². The number of hydrogen-bond donors (Lipinski definition) is 1. The topological polar surface area (TPSA) is 189 Å². The number of esters is 5. The second-order valence-corrected chi connectivity index (χ2v) is 8.89. The average molecular weight is 612 g/mol. The third-order valence-corrected chi connectivity index (χ3v) is 5.26. The molecule has 1 atom stereocenters. The molecule has 14 heteroatoms. The van der Waals surface area contributed by atoms with E-state index in [0.29, 0.717) is 11.1 Å². The van der Waals surface area contributed by atoms with Crippen LogP contribution in [0.5, 0.6) is 23.0 Å². The monoisotopic (exact) mass is 611 g/mol. The molecule has 0 spiro atoms. The second-order valence-electron chi connectivity index (χ2n) is 8.89. The van der Waals surface area contributed by atoms with Gasteiger partial charge in [0.2, 0.25) is 5.91 Å². The van der Waals surface area contributed by atoms with E-state index < -0.39 is 54.4 Å². The zero-order valence-electron chi connectivity index (χ0n) is 24.4. The second kappa shape index (κ2) is 16.0. The highest BCUT2D eigenvalue weighted by Gasteiger charge is 2.27. The lowest BCUT2D eigenvalue weighted by atomic mass is 10.1. The number of benzene rings is 2. The summed E-state index contributed by atoms with van der Waals surface area (Å²) in [6.45, 7) is 3.95. The number of likely N-dealkylation sites (N-methyl/N-ethyl adjacent to an activating group) is 1. The first kappa shape index (κ1) is 34.4. The normalized spacial score (nSPS) is 11.4. The summed E-state index contributed by atoms with van der Waals surface area (Å²) in [7, 11) is 1.20. The third kappa shape index (κ3) is 11.2. The van der Waals surface area contributed by atoms with Crippen molar-refractivity contribution in [3.8, 4) is 23.0 Å². The quantitative estimate of drug-likeness (QED) is 0.210. The Balaban J connectivity index is 2.09.